The maximum Gasteiger partial charge on any atom is 0.273 e. The lowest BCUT2D eigenvalue weighted by molar-refractivity contribution is -0.384. The molecule has 21 heavy (non-hydrogen) atoms. The van der Waals surface area contributed by atoms with E-state index >= 15 is 0 Å². The Morgan fingerprint density at radius 2 is 2.14 bits per heavy atom. The highest BCUT2D eigenvalue weighted by Crippen LogP contribution is 2.33. The molecule has 0 amide bonds. The zero-order valence-corrected chi connectivity index (χ0v) is 13.4. The fraction of sp³-hybridized carbons (Fsp3) is 0. The predicted octanol–water partition coefficient (Wildman–Crippen LogP) is 3.95. The van der Waals surface area contributed by atoms with Crippen LogP contribution in [0.1, 0.15) is 0 Å². The van der Waals surface area contributed by atoms with Crippen LogP contribution in [0, 0.1) is 10.1 Å². The molecule has 0 aliphatic rings. The molecule has 0 saturated heterocycles. The van der Waals surface area contributed by atoms with Gasteiger partial charge in [0.2, 0.25) is 5.65 Å². The van der Waals surface area contributed by atoms with E-state index in [0.29, 0.717) is 20.5 Å². The molecule has 0 radical (unpaired) electrons. The van der Waals surface area contributed by atoms with Gasteiger partial charge in [0, 0.05) is 24.7 Å². The van der Waals surface area contributed by atoms with Crippen LogP contribution in [0.2, 0.25) is 0 Å². The summed E-state index contributed by atoms with van der Waals surface area (Å²) in [5.41, 5.74) is 0.444. The van der Waals surface area contributed by atoms with Gasteiger partial charge >= 0.3 is 0 Å². The summed E-state index contributed by atoms with van der Waals surface area (Å²) < 4.78 is 8.55. The number of hydrogen-bond acceptors (Lipinski definition) is 5. The monoisotopic (exact) mass is 412 g/mol. The third-order valence-electron chi connectivity index (χ3n) is 2.65. The summed E-state index contributed by atoms with van der Waals surface area (Å²) >= 11 is 6.57. The first-order chi connectivity index (χ1) is 10.0. The minimum atomic E-state index is -0.487. The molecule has 0 spiro atoms. The maximum atomic E-state index is 10.8. The van der Waals surface area contributed by atoms with Crippen molar-refractivity contribution in [1.29, 1.82) is 0 Å². The SMILES string of the molecule is O=[N+]([O-])c1ccc(Br)c(Oc2nc(Br)cn3ccnc23)c1. The number of imidazole rings is 1. The molecule has 3 aromatic rings. The minimum Gasteiger partial charge on any atom is -0.434 e. The van der Waals surface area contributed by atoms with Crippen LogP contribution in [0.15, 0.2) is 45.9 Å². The highest BCUT2D eigenvalue weighted by atomic mass is 79.9. The molecule has 0 saturated carbocycles. The van der Waals surface area contributed by atoms with Gasteiger partial charge in [0.25, 0.3) is 11.6 Å². The number of aromatic nitrogens is 3. The van der Waals surface area contributed by atoms with Crippen molar-refractivity contribution >= 4 is 43.2 Å². The third-order valence-corrected chi connectivity index (χ3v) is 3.68. The van der Waals surface area contributed by atoms with Gasteiger partial charge in [0.1, 0.15) is 4.60 Å². The average Bonchev–Trinajstić information content (AvgIpc) is 2.89. The van der Waals surface area contributed by atoms with Gasteiger partial charge in [-0.15, -0.1) is 0 Å². The van der Waals surface area contributed by atoms with E-state index in [1.54, 1.807) is 29.1 Å². The van der Waals surface area contributed by atoms with E-state index in [9.17, 15) is 10.1 Å². The highest BCUT2D eigenvalue weighted by molar-refractivity contribution is 9.10. The summed E-state index contributed by atoms with van der Waals surface area (Å²) in [6, 6.07) is 4.26. The molecule has 0 aliphatic carbocycles. The lowest BCUT2D eigenvalue weighted by Crippen LogP contribution is -1.96. The predicted molar refractivity (Wildman–Crippen MR) is 81.6 cm³/mol. The van der Waals surface area contributed by atoms with E-state index in [1.165, 1.54) is 12.1 Å². The molecular formula is C12H6Br2N4O3. The fourth-order valence-electron chi connectivity index (χ4n) is 1.73. The molecule has 1 aromatic carbocycles. The zero-order valence-electron chi connectivity index (χ0n) is 10.2. The number of nitro groups is 1. The molecule has 2 aromatic heterocycles. The molecule has 3 rings (SSSR count). The maximum absolute atomic E-state index is 10.8. The topological polar surface area (TPSA) is 82.6 Å². The van der Waals surface area contributed by atoms with E-state index in [0.717, 1.165) is 0 Å². The second-order valence-electron chi connectivity index (χ2n) is 4.00. The van der Waals surface area contributed by atoms with E-state index < -0.39 is 4.92 Å². The van der Waals surface area contributed by atoms with Gasteiger partial charge < -0.3 is 4.74 Å². The Labute approximate surface area is 135 Å². The van der Waals surface area contributed by atoms with Crippen molar-refractivity contribution in [3.63, 3.8) is 0 Å². The molecule has 0 unspecified atom stereocenters. The Morgan fingerprint density at radius 1 is 1.33 bits per heavy atom. The van der Waals surface area contributed by atoms with Crippen LogP contribution in [0.5, 0.6) is 11.6 Å². The largest absolute Gasteiger partial charge is 0.434 e. The number of non-ortho nitro benzene ring substituents is 1. The first kappa shape index (κ1) is 14.0. The molecule has 0 N–H and O–H groups in total. The quantitative estimate of drug-likeness (QED) is 0.479. The van der Waals surface area contributed by atoms with Gasteiger partial charge in [-0.2, -0.15) is 0 Å². The Kier molecular flexibility index (Phi) is 3.60. The summed E-state index contributed by atoms with van der Waals surface area (Å²) in [5, 5.41) is 10.8. The van der Waals surface area contributed by atoms with Gasteiger partial charge in [-0.1, -0.05) is 0 Å². The second-order valence-corrected chi connectivity index (χ2v) is 5.67. The minimum absolute atomic E-state index is 0.0671. The van der Waals surface area contributed by atoms with E-state index in [1.807, 2.05) is 0 Å². The summed E-state index contributed by atoms with van der Waals surface area (Å²) in [6.45, 7) is 0. The number of nitrogens with zero attached hydrogens (tertiary/aromatic N) is 4. The first-order valence-corrected chi connectivity index (χ1v) is 7.24. The number of fused-ring (bicyclic) bond motifs is 1. The van der Waals surface area contributed by atoms with E-state index in [2.05, 4.69) is 41.8 Å². The van der Waals surface area contributed by atoms with Crippen LogP contribution in [-0.4, -0.2) is 19.3 Å². The number of rotatable bonds is 3. The average molecular weight is 414 g/mol. The molecule has 0 atom stereocenters. The van der Waals surface area contributed by atoms with Crippen molar-refractivity contribution in [2.75, 3.05) is 0 Å². The molecule has 0 bridgehead atoms. The van der Waals surface area contributed by atoms with E-state index in [-0.39, 0.29) is 11.6 Å². The Hall–Kier alpha value is -2.00. The van der Waals surface area contributed by atoms with Crippen LogP contribution < -0.4 is 4.74 Å². The van der Waals surface area contributed by atoms with Gasteiger partial charge in [0.15, 0.2) is 5.75 Å². The van der Waals surface area contributed by atoms with Gasteiger partial charge in [0.05, 0.1) is 15.5 Å². The zero-order chi connectivity index (χ0) is 15.0. The molecule has 106 valence electrons. The Bertz CT molecular complexity index is 850. The van der Waals surface area contributed by atoms with Gasteiger partial charge in [-0.3, -0.25) is 14.5 Å². The van der Waals surface area contributed by atoms with Crippen molar-refractivity contribution in [2.45, 2.75) is 0 Å². The van der Waals surface area contributed by atoms with Crippen LogP contribution in [-0.2, 0) is 0 Å². The Morgan fingerprint density at radius 3 is 2.90 bits per heavy atom. The summed E-state index contributed by atoms with van der Waals surface area (Å²) in [6.07, 6.45) is 5.09. The smallest absolute Gasteiger partial charge is 0.273 e. The second kappa shape index (κ2) is 5.41. The molecule has 2 heterocycles. The molecule has 0 aliphatic heterocycles. The first-order valence-electron chi connectivity index (χ1n) is 5.65. The molecule has 0 fully saturated rings. The van der Waals surface area contributed by atoms with Gasteiger partial charge in [-0.25, -0.2) is 9.97 Å². The molecule has 9 heteroatoms. The summed E-state index contributed by atoms with van der Waals surface area (Å²) in [4.78, 5) is 18.7. The molecule has 7 nitrogen and oxygen atoms in total. The lowest BCUT2D eigenvalue weighted by Gasteiger charge is -2.08. The normalized spacial score (nSPS) is 10.8. The number of nitro benzene ring substituents is 1. The third kappa shape index (κ3) is 2.74. The van der Waals surface area contributed by atoms with Crippen molar-refractivity contribution in [1.82, 2.24) is 14.4 Å². The van der Waals surface area contributed by atoms with Crippen molar-refractivity contribution < 1.29 is 9.66 Å². The van der Waals surface area contributed by atoms with E-state index in [4.69, 9.17) is 4.74 Å². The number of ether oxygens (including phenoxy) is 1. The van der Waals surface area contributed by atoms with Crippen LogP contribution in [0.25, 0.3) is 5.65 Å². The van der Waals surface area contributed by atoms with Gasteiger partial charge in [-0.05, 0) is 37.9 Å². The Balaban J connectivity index is 2.08. The number of hydrogen-bond donors (Lipinski definition) is 0. The van der Waals surface area contributed by atoms with Crippen LogP contribution in [0.4, 0.5) is 5.69 Å². The standard InChI is InChI=1S/C12H6Br2N4O3/c13-8-2-1-7(18(19)20)5-9(8)21-12-11-15-3-4-17(11)6-10(14)16-12/h1-6H. The van der Waals surface area contributed by atoms with Crippen molar-refractivity contribution in [3.8, 4) is 11.6 Å². The summed E-state index contributed by atoms with van der Waals surface area (Å²) in [5.74, 6) is 0.537. The van der Waals surface area contributed by atoms with Crippen molar-refractivity contribution in [3.05, 3.63) is 56.0 Å². The summed E-state index contributed by atoms with van der Waals surface area (Å²) in [7, 11) is 0. The fourth-order valence-corrected chi connectivity index (χ4v) is 2.44. The van der Waals surface area contributed by atoms with Crippen LogP contribution in [0.3, 0.4) is 0 Å². The lowest BCUT2D eigenvalue weighted by atomic mass is 10.3. The number of benzene rings is 1. The van der Waals surface area contributed by atoms with Crippen LogP contribution >= 0.6 is 31.9 Å². The molecular weight excluding hydrogens is 408 g/mol. The number of halogens is 2. The highest BCUT2D eigenvalue weighted by Gasteiger charge is 2.14. The van der Waals surface area contributed by atoms with Crippen molar-refractivity contribution in [2.24, 2.45) is 0 Å².